The van der Waals surface area contributed by atoms with E-state index in [1.165, 1.54) is 0 Å². The van der Waals surface area contributed by atoms with Crippen LogP contribution in [0, 0.1) is 11.8 Å². The van der Waals surface area contributed by atoms with Crippen LogP contribution < -0.4 is 0 Å². The summed E-state index contributed by atoms with van der Waals surface area (Å²) in [5.74, 6) is 5.86. The number of likely N-dealkylation sites (tertiary alicyclic amines) is 1. The fourth-order valence-corrected chi connectivity index (χ4v) is 2.04. The van der Waals surface area contributed by atoms with Crippen LogP contribution >= 0.6 is 0 Å². The molecule has 3 nitrogen and oxygen atoms in total. The zero-order valence-corrected chi connectivity index (χ0v) is 11.4. The van der Waals surface area contributed by atoms with E-state index in [2.05, 4.69) is 30.0 Å². The highest BCUT2D eigenvalue weighted by molar-refractivity contribution is 5.32. The van der Waals surface area contributed by atoms with Gasteiger partial charge < -0.3 is 10.0 Å². The van der Waals surface area contributed by atoms with Crippen molar-refractivity contribution in [3.63, 3.8) is 0 Å². The molecule has 0 aliphatic carbocycles. The third-order valence-corrected chi connectivity index (χ3v) is 3.17. The Balaban J connectivity index is 2.04. The fourth-order valence-electron chi connectivity index (χ4n) is 2.04. The van der Waals surface area contributed by atoms with Gasteiger partial charge in [-0.25, -0.2) is 4.98 Å². The molecule has 0 bridgehead atoms. The smallest absolute Gasteiger partial charge is 0.144 e. The molecule has 1 aliphatic heterocycles. The number of hydrogen-bond acceptors (Lipinski definition) is 3. The summed E-state index contributed by atoms with van der Waals surface area (Å²) in [7, 11) is 0. The van der Waals surface area contributed by atoms with Gasteiger partial charge in [0.2, 0.25) is 0 Å². The molecule has 1 aromatic rings. The third kappa shape index (κ3) is 3.59. The lowest BCUT2D eigenvalue weighted by atomic mass is 10.0. The average molecular weight is 266 g/mol. The average Bonchev–Trinajstić information content (AvgIpc) is 2.87. The molecule has 0 radical (unpaired) electrons. The van der Waals surface area contributed by atoms with Gasteiger partial charge in [0.25, 0.3) is 0 Å². The second kappa shape index (κ2) is 6.23. The number of rotatable bonds is 3. The number of allylic oxidation sites excluding steroid dienone is 3. The molecule has 2 heterocycles. The zero-order valence-electron chi connectivity index (χ0n) is 11.4. The van der Waals surface area contributed by atoms with Crippen molar-refractivity contribution in [1.29, 1.82) is 0 Å². The molecule has 0 aromatic carbocycles. The SMILES string of the molecule is C=C/C=C\C(=C)N1CCC(O)(C#Cc2ccccn2)C1. The molecule has 1 fully saturated rings. The predicted octanol–water partition coefficient (Wildman–Crippen LogP) is 2.13. The van der Waals surface area contributed by atoms with E-state index < -0.39 is 5.60 Å². The van der Waals surface area contributed by atoms with Crippen LogP contribution in [0.5, 0.6) is 0 Å². The lowest BCUT2D eigenvalue weighted by Crippen LogP contribution is -2.30. The summed E-state index contributed by atoms with van der Waals surface area (Å²) in [5.41, 5.74) is 0.535. The molecule has 2 rings (SSSR count). The number of β-amino-alcohol motifs (C(OH)–C–C–N with tert-alkyl or cyclic N) is 1. The molecule has 20 heavy (non-hydrogen) atoms. The van der Waals surface area contributed by atoms with E-state index in [0.29, 0.717) is 18.7 Å². The van der Waals surface area contributed by atoms with Crippen LogP contribution in [0.25, 0.3) is 0 Å². The first-order chi connectivity index (χ1) is 9.63. The van der Waals surface area contributed by atoms with Crippen LogP contribution in [-0.2, 0) is 0 Å². The molecule has 0 saturated carbocycles. The summed E-state index contributed by atoms with van der Waals surface area (Å²) in [4.78, 5) is 6.15. The highest BCUT2D eigenvalue weighted by Gasteiger charge is 2.34. The Labute approximate surface area is 120 Å². The first-order valence-corrected chi connectivity index (χ1v) is 6.52. The Hall–Kier alpha value is -2.31. The van der Waals surface area contributed by atoms with Crippen LogP contribution in [0.15, 0.2) is 61.5 Å². The van der Waals surface area contributed by atoms with Gasteiger partial charge in [0.15, 0.2) is 0 Å². The molecule has 1 atom stereocenters. The van der Waals surface area contributed by atoms with Crippen molar-refractivity contribution in [2.45, 2.75) is 12.0 Å². The minimum absolute atomic E-state index is 0.465. The van der Waals surface area contributed by atoms with Crippen LogP contribution in [0.2, 0.25) is 0 Å². The first-order valence-electron chi connectivity index (χ1n) is 6.52. The maximum absolute atomic E-state index is 10.5. The molecule has 1 aliphatic rings. The second-order valence-electron chi connectivity index (χ2n) is 4.75. The third-order valence-electron chi connectivity index (χ3n) is 3.17. The molecule has 1 aromatic heterocycles. The van der Waals surface area contributed by atoms with Gasteiger partial charge >= 0.3 is 0 Å². The Morgan fingerprint density at radius 1 is 1.50 bits per heavy atom. The van der Waals surface area contributed by atoms with Crippen molar-refractivity contribution in [2.75, 3.05) is 13.1 Å². The van der Waals surface area contributed by atoms with Gasteiger partial charge in [0.05, 0.1) is 6.54 Å². The topological polar surface area (TPSA) is 36.4 Å². The number of aromatic nitrogens is 1. The molecular weight excluding hydrogens is 248 g/mol. The highest BCUT2D eigenvalue weighted by Crippen LogP contribution is 2.23. The summed E-state index contributed by atoms with van der Waals surface area (Å²) in [6.45, 7) is 8.81. The van der Waals surface area contributed by atoms with Gasteiger partial charge in [0.1, 0.15) is 11.3 Å². The molecule has 1 saturated heterocycles. The maximum atomic E-state index is 10.5. The minimum Gasteiger partial charge on any atom is -0.376 e. The normalized spacial score (nSPS) is 21.6. The van der Waals surface area contributed by atoms with E-state index >= 15 is 0 Å². The van der Waals surface area contributed by atoms with Gasteiger partial charge in [-0.3, -0.25) is 0 Å². The van der Waals surface area contributed by atoms with Crippen molar-refractivity contribution >= 4 is 0 Å². The number of hydrogen-bond donors (Lipinski definition) is 1. The lowest BCUT2D eigenvalue weighted by molar-refractivity contribution is 0.114. The predicted molar refractivity (Wildman–Crippen MR) is 80.7 cm³/mol. The largest absolute Gasteiger partial charge is 0.376 e. The summed E-state index contributed by atoms with van der Waals surface area (Å²) < 4.78 is 0. The van der Waals surface area contributed by atoms with E-state index in [1.807, 2.05) is 35.3 Å². The molecule has 0 spiro atoms. The van der Waals surface area contributed by atoms with Gasteiger partial charge in [0, 0.05) is 24.9 Å². The fraction of sp³-hybridized carbons (Fsp3) is 0.235. The number of nitrogens with zero attached hydrogens (tertiary/aromatic N) is 2. The number of pyridine rings is 1. The molecule has 1 N–H and O–H groups in total. The summed E-state index contributed by atoms with van der Waals surface area (Å²) in [5, 5.41) is 10.5. The summed E-state index contributed by atoms with van der Waals surface area (Å²) in [6.07, 6.45) is 7.71. The summed E-state index contributed by atoms with van der Waals surface area (Å²) in [6, 6.07) is 5.55. The Kier molecular flexibility index (Phi) is 4.39. The van der Waals surface area contributed by atoms with Crippen LogP contribution in [-0.4, -0.2) is 33.7 Å². The van der Waals surface area contributed by atoms with E-state index in [1.54, 1.807) is 12.3 Å². The monoisotopic (exact) mass is 266 g/mol. The molecule has 0 amide bonds. The van der Waals surface area contributed by atoms with Gasteiger partial charge in [-0.15, -0.1) is 0 Å². The number of aliphatic hydroxyl groups is 1. The van der Waals surface area contributed by atoms with E-state index in [4.69, 9.17) is 0 Å². The molecule has 3 heteroatoms. The van der Waals surface area contributed by atoms with Crippen molar-refractivity contribution < 1.29 is 5.11 Å². The minimum atomic E-state index is -0.998. The van der Waals surface area contributed by atoms with Gasteiger partial charge in [-0.05, 0) is 24.1 Å². The van der Waals surface area contributed by atoms with Gasteiger partial charge in [-0.2, -0.15) is 0 Å². The maximum Gasteiger partial charge on any atom is 0.144 e. The van der Waals surface area contributed by atoms with Crippen LogP contribution in [0.1, 0.15) is 12.1 Å². The highest BCUT2D eigenvalue weighted by atomic mass is 16.3. The van der Waals surface area contributed by atoms with Crippen molar-refractivity contribution in [1.82, 2.24) is 9.88 Å². The van der Waals surface area contributed by atoms with E-state index in [0.717, 1.165) is 12.2 Å². The van der Waals surface area contributed by atoms with E-state index in [-0.39, 0.29) is 0 Å². The molecular formula is C17H18N2O. The van der Waals surface area contributed by atoms with Crippen molar-refractivity contribution in [3.05, 3.63) is 67.2 Å². The first kappa shape index (κ1) is 14.1. The van der Waals surface area contributed by atoms with Crippen molar-refractivity contribution in [2.24, 2.45) is 0 Å². The lowest BCUT2D eigenvalue weighted by Gasteiger charge is -2.20. The Morgan fingerprint density at radius 3 is 3.05 bits per heavy atom. The molecule has 102 valence electrons. The Morgan fingerprint density at radius 2 is 2.35 bits per heavy atom. The molecule has 1 unspecified atom stereocenters. The van der Waals surface area contributed by atoms with Crippen LogP contribution in [0.4, 0.5) is 0 Å². The summed E-state index contributed by atoms with van der Waals surface area (Å²) >= 11 is 0. The van der Waals surface area contributed by atoms with E-state index in [9.17, 15) is 5.11 Å². The Bertz CT molecular complexity index is 580. The second-order valence-corrected chi connectivity index (χ2v) is 4.75. The van der Waals surface area contributed by atoms with Crippen LogP contribution in [0.3, 0.4) is 0 Å². The standard InChI is InChI=1S/C17H18N2O/c1-3-4-7-15(2)19-13-11-17(20,14-19)10-9-16-8-5-6-12-18-16/h3-8,12,20H,1-2,11,13-14H2/b7-4-. The quantitative estimate of drug-likeness (QED) is 0.672. The van der Waals surface area contributed by atoms with Crippen molar-refractivity contribution in [3.8, 4) is 11.8 Å². The van der Waals surface area contributed by atoms with Gasteiger partial charge in [-0.1, -0.05) is 37.3 Å². The zero-order chi connectivity index (χ0) is 14.4.